The van der Waals surface area contributed by atoms with Gasteiger partial charge in [0.15, 0.2) is 0 Å². The van der Waals surface area contributed by atoms with E-state index in [2.05, 4.69) is 22.9 Å². The van der Waals surface area contributed by atoms with Crippen LogP contribution in [0.4, 0.5) is 11.4 Å². The van der Waals surface area contributed by atoms with Gasteiger partial charge in [-0.2, -0.15) is 0 Å². The van der Waals surface area contributed by atoms with Crippen molar-refractivity contribution < 1.29 is 34.2 Å². The van der Waals surface area contributed by atoms with Gasteiger partial charge < -0.3 is 26.2 Å². The third kappa shape index (κ3) is 17.3. The molecule has 0 aliphatic heterocycles. The first-order chi connectivity index (χ1) is 22.7. The molecule has 0 saturated heterocycles. The molecule has 10 nitrogen and oxygen atoms in total. The van der Waals surface area contributed by atoms with Crippen LogP contribution < -0.4 is 16.0 Å². The number of hydrogen-bond donors (Lipinski definition) is 5. The van der Waals surface area contributed by atoms with Crippen LogP contribution in [0.2, 0.25) is 0 Å². The van der Waals surface area contributed by atoms with Gasteiger partial charge in [0.05, 0.1) is 5.56 Å². The molecular weight excluding hydrogens is 598 g/mol. The molecule has 0 saturated carbocycles. The van der Waals surface area contributed by atoms with Gasteiger partial charge in [0, 0.05) is 29.8 Å². The summed E-state index contributed by atoms with van der Waals surface area (Å²) in [7, 11) is 0. The normalized spacial score (nSPS) is 11.4. The highest BCUT2D eigenvalue weighted by Crippen LogP contribution is 2.16. The third-order valence-corrected chi connectivity index (χ3v) is 8.08. The molecule has 47 heavy (non-hydrogen) atoms. The molecule has 0 unspecified atom stereocenters. The van der Waals surface area contributed by atoms with E-state index >= 15 is 0 Å². The predicted molar refractivity (Wildman–Crippen MR) is 185 cm³/mol. The van der Waals surface area contributed by atoms with Crippen molar-refractivity contribution in [1.82, 2.24) is 5.32 Å². The zero-order valence-corrected chi connectivity index (χ0v) is 27.9. The summed E-state index contributed by atoms with van der Waals surface area (Å²) in [6.07, 6.45) is 18.9. The lowest BCUT2D eigenvalue weighted by Gasteiger charge is -2.18. The molecule has 0 aliphatic rings. The maximum absolute atomic E-state index is 12.9. The largest absolute Gasteiger partial charge is 0.481 e. The first-order valence-electron chi connectivity index (χ1n) is 17.3. The summed E-state index contributed by atoms with van der Waals surface area (Å²) >= 11 is 0. The molecule has 0 aliphatic carbocycles. The van der Waals surface area contributed by atoms with E-state index in [0.717, 1.165) is 19.3 Å². The smallest absolute Gasteiger partial charge is 0.335 e. The zero-order valence-electron chi connectivity index (χ0n) is 27.9. The fourth-order valence-electron chi connectivity index (χ4n) is 5.32. The van der Waals surface area contributed by atoms with E-state index < -0.39 is 29.8 Å². The van der Waals surface area contributed by atoms with Crippen LogP contribution in [0, 0.1) is 0 Å². The molecule has 0 fully saturated rings. The van der Waals surface area contributed by atoms with Crippen molar-refractivity contribution >= 4 is 41.0 Å². The predicted octanol–water partition coefficient (Wildman–Crippen LogP) is 8.19. The summed E-state index contributed by atoms with van der Waals surface area (Å²) in [5.41, 5.74) is 0.947. The van der Waals surface area contributed by atoms with Crippen LogP contribution in [-0.2, 0) is 14.4 Å². The fraction of sp³-hybridized carbons (Fsp3) is 0.541. The van der Waals surface area contributed by atoms with Gasteiger partial charge in [-0.25, -0.2) is 4.79 Å². The number of amides is 3. The molecule has 2 rings (SSSR count). The maximum Gasteiger partial charge on any atom is 0.335 e. The molecule has 0 spiro atoms. The monoisotopic (exact) mass is 651 g/mol. The van der Waals surface area contributed by atoms with E-state index in [1.165, 1.54) is 113 Å². The Kier molecular flexibility index (Phi) is 19.2. The van der Waals surface area contributed by atoms with Gasteiger partial charge in [0.1, 0.15) is 6.04 Å². The molecule has 0 aromatic heterocycles. The minimum Gasteiger partial charge on any atom is -0.481 e. The average Bonchev–Trinajstić information content (AvgIpc) is 3.05. The third-order valence-electron chi connectivity index (χ3n) is 8.08. The molecule has 0 radical (unpaired) electrons. The number of carbonyl (C=O) groups excluding carboxylic acids is 3. The lowest BCUT2D eigenvalue weighted by molar-refractivity contribution is -0.137. The Morgan fingerprint density at radius 3 is 1.70 bits per heavy atom. The summed E-state index contributed by atoms with van der Waals surface area (Å²) in [4.78, 5) is 60.6. The van der Waals surface area contributed by atoms with Gasteiger partial charge >= 0.3 is 11.9 Å². The number of aliphatic carboxylic acids is 1. The van der Waals surface area contributed by atoms with Crippen molar-refractivity contribution in [3.8, 4) is 0 Å². The number of nitrogens with one attached hydrogen (secondary N) is 3. The Hall–Kier alpha value is -4.21. The van der Waals surface area contributed by atoms with Crippen molar-refractivity contribution in [1.29, 1.82) is 0 Å². The van der Waals surface area contributed by atoms with Crippen molar-refractivity contribution in [2.75, 3.05) is 10.6 Å². The molecule has 5 N–H and O–H groups in total. The average molecular weight is 652 g/mol. The van der Waals surface area contributed by atoms with E-state index in [9.17, 15) is 29.1 Å². The number of rotatable bonds is 25. The summed E-state index contributed by atoms with van der Waals surface area (Å²) in [5.74, 6) is -3.65. The maximum atomic E-state index is 12.9. The van der Waals surface area contributed by atoms with Crippen molar-refractivity contribution in [2.45, 2.75) is 129 Å². The highest BCUT2D eigenvalue weighted by Gasteiger charge is 2.23. The van der Waals surface area contributed by atoms with Gasteiger partial charge in [-0.1, -0.05) is 103 Å². The highest BCUT2D eigenvalue weighted by atomic mass is 16.4. The van der Waals surface area contributed by atoms with Crippen molar-refractivity contribution in [2.24, 2.45) is 0 Å². The molecule has 2 aromatic carbocycles. The lowest BCUT2D eigenvalue weighted by Crippen LogP contribution is -2.44. The highest BCUT2D eigenvalue weighted by molar-refractivity contribution is 6.02. The second kappa shape index (κ2) is 23.2. The lowest BCUT2D eigenvalue weighted by atomic mass is 10.0. The van der Waals surface area contributed by atoms with Gasteiger partial charge in [-0.3, -0.25) is 19.2 Å². The number of hydrogen-bond acceptors (Lipinski definition) is 5. The van der Waals surface area contributed by atoms with Crippen LogP contribution in [-0.4, -0.2) is 45.9 Å². The topological polar surface area (TPSA) is 162 Å². The molecule has 2 aromatic rings. The Bertz CT molecular complexity index is 1260. The molecule has 10 heteroatoms. The van der Waals surface area contributed by atoms with E-state index in [0.29, 0.717) is 12.1 Å². The minimum absolute atomic E-state index is 0.0316. The number of benzene rings is 2. The van der Waals surface area contributed by atoms with Gasteiger partial charge in [0.2, 0.25) is 11.8 Å². The molecular formula is C37H53N3O7. The molecule has 0 bridgehead atoms. The first-order valence-corrected chi connectivity index (χ1v) is 17.3. The van der Waals surface area contributed by atoms with Crippen LogP contribution in [0.3, 0.4) is 0 Å². The number of aromatic carboxylic acids is 1. The van der Waals surface area contributed by atoms with Gasteiger partial charge in [-0.05, 0) is 55.3 Å². The SMILES string of the molecule is CCCCCCCCCCCCCCCCCC(=O)Nc1ccc(C(=O)N[C@H](CCC(=O)O)C(=O)Nc2cccc(C(=O)O)c2)cc1. The first kappa shape index (κ1) is 39.0. The summed E-state index contributed by atoms with van der Waals surface area (Å²) in [6, 6.07) is 10.6. The Morgan fingerprint density at radius 2 is 1.17 bits per heavy atom. The molecule has 0 heterocycles. The Morgan fingerprint density at radius 1 is 0.617 bits per heavy atom. The van der Waals surface area contributed by atoms with E-state index in [1.54, 1.807) is 12.1 Å². The van der Waals surface area contributed by atoms with Crippen LogP contribution in [0.5, 0.6) is 0 Å². The molecule has 3 amide bonds. The Balaban J connectivity index is 1.68. The van der Waals surface area contributed by atoms with Crippen molar-refractivity contribution in [3.05, 3.63) is 59.7 Å². The van der Waals surface area contributed by atoms with Crippen LogP contribution in [0.1, 0.15) is 143 Å². The second-order valence-corrected chi connectivity index (χ2v) is 12.2. The standard InChI is InChI=1S/C37H53N3O7/c1-2-3-4-5-6-7-8-9-10-11-12-13-14-15-16-20-33(41)38-30-23-21-28(22-24-30)35(44)40-32(25-26-34(42)43)36(45)39-31-19-17-18-29(27-31)37(46)47/h17-19,21-24,27,32H,2-16,20,25-26H2,1H3,(H,38,41)(H,39,45)(H,40,44)(H,42,43)(H,46,47)/t32-/m1/s1. The zero-order chi connectivity index (χ0) is 34.3. The molecule has 258 valence electrons. The van der Waals surface area contributed by atoms with Crippen LogP contribution in [0.25, 0.3) is 0 Å². The molecule has 1 atom stereocenters. The van der Waals surface area contributed by atoms with E-state index in [4.69, 9.17) is 5.11 Å². The summed E-state index contributed by atoms with van der Waals surface area (Å²) in [5, 5.41) is 26.2. The number of carbonyl (C=O) groups is 5. The number of anilines is 2. The van der Waals surface area contributed by atoms with E-state index in [-0.39, 0.29) is 35.6 Å². The van der Waals surface area contributed by atoms with Gasteiger partial charge in [0.25, 0.3) is 5.91 Å². The van der Waals surface area contributed by atoms with Gasteiger partial charge in [-0.15, -0.1) is 0 Å². The van der Waals surface area contributed by atoms with Crippen LogP contribution >= 0.6 is 0 Å². The van der Waals surface area contributed by atoms with Crippen molar-refractivity contribution in [3.63, 3.8) is 0 Å². The Labute approximate surface area is 279 Å². The fourth-order valence-corrected chi connectivity index (χ4v) is 5.32. The second-order valence-electron chi connectivity index (χ2n) is 12.2. The summed E-state index contributed by atoms with van der Waals surface area (Å²) in [6.45, 7) is 2.25. The number of unbranched alkanes of at least 4 members (excludes halogenated alkanes) is 14. The quantitative estimate of drug-likeness (QED) is 0.0676. The number of carboxylic acid groups (broad SMARTS) is 2. The van der Waals surface area contributed by atoms with Crippen LogP contribution in [0.15, 0.2) is 48.5 Å². The number of carboxylic acids is 2. The van der Waals surface area contributed by atoms with E-state index in [1.807, 2.05) is 0 Å². The summed E-state index contributed by atoms with van der Waals surface area (Å²) < 4.78 is 0. The minimum atomic E-state index is -1.18.